The van der Waals surface area contributed by atoms with Crippen LogP contribution in [0.2, 0.25) is 10.0 Å². The van der Waals surface area contributed by atoms with Gasteiger partial charge in [-0.05, 0) is 18.6 Å². The molecule has 0 heterocycles. The number of phenolic OH excluding ortho intramolecular Hbond substituents is 1. The molecular weight excluding hydrogens is 277 g/mol. The Balaban J connectivity index is 2.98. The van der Waals surface area contributed by atoms with Gasteiger partial charge in [0.05, 0.1) is 5.02 Å². The van der Waals surface area contributed by atoms with Gasteiger partial charge in [-0.15, -0.1) is 0 Å². The Bertz CT molecular complexity index is 475. The molecule has 1 aromatic rings. The zero-order valence-corrected chi connectivity index (χ0v) is 11.2. The van der Waals surface area contributed by atoms with Crippen LogP contribution in [0.15, 0.2) is 17.1 Å². The highest BCUT2D eigenvalue weighted by atomic mass is 35.5. The van der Waals surface area contributed by atoms with Crippen LogP contribution >= 0.6 is 23.2 Å². The van der Waals surface area contributed by atoms with Gasteiger partial charge in [0.25, 0.3) is 0 Å². The molecular formula is C12H13Cl2NO3. The van der Waals surface area contributed by atoms with E-state index in [9.17, 15) is 9.90 Å². The molecule has 0 aliphatic carbocycles. The number of aromatic hydroxyl groups is 1. The number of hydrogen-bond acceptors (Lipinski definition) is 3. The van der Waals surface area contributed by atoms with E-state index in [-0.39, 0.29) is 10.8 Å². The molecule has 0 amide bonds. The SMILES string of the molecule is CCCC(N=Cc1cc(Cl)cc(Cl)c1O)C(=O)O. The summed E-state index contributed by atoms with van der Waals surface area (Å²) in [5.41, 5.74) is 0.301. The van der Waals surface area contributed by atoms with Crippen LogP contribution in [0.1, 0.15) is 25.3 Å². The van der Waals surface area contributed by atoms with Gasteiger partial charge in [0.15, 0.2) is 0 Å². The number of phenols is 1. The highest BCUT2D eigenvalue weighted by molar-refractivity contribution is 6.36. The summed E-state index contributed by atoms with van der Waals surface area (Å²) in [6.45, 7) is 1.87. The molecule has 0 saturated heterocycles. The minimum Gasteiger partial charge on any atom is -0.506 e. The van der Waals surface area contributed by atoms with E-state index >= 15 is 0 Å². The molecule has 1 atom stereocenters. The first-order valence-electron chi connectivity index (χ1n) is 5.39. The molecule has 18 heavy (non-hydrogen) atoms. The Morgan fingerprint density at radius 3 is 2.72 bits per heavy atom. The van der Waals surface area contributed by atoms with E-state index in [0.29, 0.717) is 23.4 Å². The Kier molecular flexibility index (Phi) is 5.44. The van der Waals surface area contributed by atoms with Crippen molar-refractivity contribution in [1.29, 1.82) is 0 Å². The Hall–Kier alpha value is -1.26. The minimum absolute atomic E-state index is 0.103. The van der Waals surface area contributed by atoms with Gasteiger partial charge in [0, 0.05) is 16.8 Å². The lowest BCUT2D eigenvalue weighted by atomic mass is 10.1. The van der Waals surface area contributed by atoms with E-state index in [4.69, 9.17) is 28.3 Å². The molecule has 0 bridgehead atoms. The van der Waals surface area contributed by atoms with Crippen molar-refractivity contribution in [2.45, 2.75) is 25.8 Å². The molecule has 1 rings (SSSR count). The van der Waals surface area contributed by atoms with Crippen molar-refractivity contribution >= 4 is 35.4 Å². The predicted octanol–water partition coefficient (Wildman–Crippen LogP) is 3.37. The summed E-state index contributed by atoms with van der Waals surface area (Å²) in [6.07, 6.45) is 2.42. The number of carboxylic acids is 1. The third-order valence-electron chi connectivity index (χ3n) is 2.30. The van der Waals surface area contributed by atoms with Gasteiger partial charge >= 0.3 is 5.97 Å². The summed E-state index contributed by atoms with van der Waals surface area (Å²) in [7, 11) is 0. The zero-order valence-electron chi connectivity index (χ0n) is 9.73. The van der Waals surface area contributed by atoms with Gasteiger partial charge in [-0.1, -0.05) is 36.5 Å². The Morgan fingerprint density at radius 2 is 2.17 bits per heavy atom. The second-order valence-electron chi connectivity index (χ2n) is 3.75. The lowest BCUT2D eigenvalue weighted by Crippen LogP contribution is -2.17. The lowest BCUT2D eigenvalue weighted by Gasteiger charge is -2.06. The number of benzene rings is 1. The molecule has 0 aliphatic rings. The monoisotopic (exact) mass is 289 g/mol. The van der Waals surface area contributed by atoms with Crippen LogP contribution in [0.3, 0.4) is 0 Å². The topological polar surface area (TPSA) is 69.9 Å². The van der Waals surface area contributed by atoms with Crippen molar-refractivity contribution in [3.63, 3.8) is 0 Å². The molecule has 0 radical (unpaired) electrons. The Morgan fingerprint density at radius 1 is 1.50 bits per heavy atom. The van der Waals surface area contributed by atoms with Crippen molar-refractivity contribution in [3.05, 3.63) is 27.7 Å². The second-order valence-corrected chi connectivity index (χ2v) is 4.59. The van der Waals surface area contributed by atoms with Crippen LogP contribution in [0.25, 0.3) is 0 Å². The van der Waals surface area contributed by atoms with Crippen LogP contribution in [-0.4, -0.2) is 28.4 Å². The number of hydrogen-bond donors (Lipinski definition) is 2. The summed E-state index contributed by atoms with van der Waals surface area (Å²) < 4.78 is 0. The predicted molar refractivity (Wildman–Crippen MR) is 72.1 cm³/mol. The van der Waals surface area contributed by atoms with Crippen LogP contribution in [0.4, 0.5) is 0 Å². The average Bonchev–Trinajstić information content (AvgIpc) is 2.29. The molecule has 1 aromatic carbocycles. The number of carboxylic acid groups (broad SMARTS) is 1. The van der Waals surface area contributed by atoms with Gasteiger partial charge in [-0.3, -0.25) is 4.99 Å². The highest BCUT2D eigenvalue weighted by Crippen LogP contribution is 2.30. The van der Waals surface area contributed by atoms with Crippen molar-refractivity contribution < 1.29 is 15.0 Å². The fourth-order valence-electron chi connectivity index (χ4n) is 1.39. The number of nitrogens with zero attached hydrogens (tertiary/aromatic N) is 1. The summed E-state index contributed by atoms with van der Waals surface area (Å²) in [5.74, 6) is -1.16. The van der Waals surface area contributed by atoms with E-state index < -0.39 is 12.0 Å². The van der Waals surface area contributed by atoms with Crippen molar-refractivity contribution in [2.24, 2.45) is 4.99 Å². The van der Waals surface area contributed by atoms with Crippen LogP contribution in [-0.2, 0) is 4.79 Å². The first kappa shape index (κ1) is 14.8. The molecule has 6 heteroatoms. The van der Waals surface area contributed by atoms with Gasteiger partial charge in [-0.2, -0.15) is 0 Å². The van der Waals surface area contributed by atoms with Crippen LogP contribution in [0, 0.1) is 0 Å². The first-order chi connectivity index (χ1) is 8.45. The number of aliphatic imine (C=N–C) groups is 1. The van der Waals surface area contributed by atoms with E-state index in [1.54, 1.807) is 0 Å². The Labute approximate surface area is 115 Å². The molecule has 0 fully saturated rings. The number of aliphatic carboxylic acids is 1. The van der Waals surface area contributed by atoms with Crippen molar-refractivity contribution in [1.82, 2.24) is 0 Å². The molecule has 1 unspecified atom stereocenters. The van der Waals surface area contributed by atoms with Crippen molar-refractivity contribution in [2.75, 3.05) is 0 Å². The quantitative estimate of drug-likeness (QED) is 0.817. The number of rotatable bonds is 5. The summed E-state index contributed by atoms with van der Waals surface area (Å²) in [5, 5.41) is 19.1. The van der Waals surface area contributed by atoms with Gasteiger partial charge in [-0.25, -0.2) is 4.79 Å². The summed E-state index contributed by atoms with van der Waals surface area (Å²) >= 11 is 11.5. The average molecular weight is 290 g/mol. The van der Waals surface area contributed by atoms with Crippen LogP contribution < -0.4 is 0 Å². The molecule has 98 valence electrons. The molecule has 0 aromatic heterocycles. The minimum atomic E-state index is -0.999. The normalized spacial score (nSPS) is 12.8. The third-order valence-corrected chi connectivity index (χ3v) is 2.80. The molecule has 0 aliphatic heterocycles. The van der Waals surface area contributed by atoms with E-state index in [0.717, 1.165) is 0 Å². The molecule has 2 N–H and O–H groups in total. The summed E-state index contributed by atoms with van der Waals surface area (Å²) in [4.78, 5) is 14.8. The molecule has 0 saturated carbocycles. The van der Waals surface area contributed by atoms with Gasteiger partial charge < -0.3 is 10.2 Å². The number of carbonyl (C=O) groups is 1. The fraction of sp³-hybridized carbons (Fsp3) is 0.333. The highest BCUT2D eigenvalue weighted by Gasteiger charge is 2.14. The maximum Gasteiger partial charge on any atom is 0.328 e. The standard InChI is InChI=1S/C12H13Cl2NO3/c1-2-3-10(12(17)18)15-6-7-4-8(13)5-9(14)11(7)16/h4-6,10,16H,2-3H2,1H3,(H,17,18). The fourth-order valence-corrected chi connectivity index (χ4v) is 1.90. The van der Waals surface area contributed by atoms with E-state index in [1.807, 2.05) is 6.92 Å². The van der Waals surface area contributed by atoms with E-state index in [2.05, 4.69) is 4.99 Å². The largest absolute Gasteiger partial charge is 0.506 e. The summed E-state index contributed by atoms with van der Waals surface area (Å²) in [6, 6.07) is 2.04. The number of halogens is 2. The van der Waals surface area contributed by atoms with Crippen LogP contribution in [0.5, 0.6) is 5.75 Å². The zero-order chi connectivity index (χ0) is 13.7. The van der Waals surface area contributed by atoms with Gasteiger partial charge in [0.2, 0.25) is 0 Å². The lowest BCUT2D eigenvalue weighted by molar-refractivity contribution is -0.138. The third kappa shape index (κ3) is 3.89. The maximum atomic E-state index is 10.9. The maximum absolute atomic E-state index is 10.9. The molecule has 0 spiro atoms. The van der Waals surface area contributed by atoms with Gasteiger partial charge in [0.1, 0.15) is 11.8 Å². The first-order valence-corrected chi connectivity index (χ1v) is 6.15. The van der Waals surface area contributed by atoms with Crippen molar-refractivity contribution in [3.8, 4) is 5.75 Å². The second kappa shape index (κ2) is 6.61. The van der Waals surface area contributed by atoms with E-state index in [1.165, 1.54) is 18.3 Å². The molecule has 4 nitrogen and oxygen atoms in total. The smallest absolute Gasteiger partial charge is 0.328 e.